The Morgan fingerprint density at radius 2 is 2.22 bits per heavy atom. The maximum absolute atomic E-state index is 11.9. The predicted molar refractivity (Wildman–Crippen MR) is 70.0 cm³/mol. The van der Waals surface area contributed by atoms with Crippen molar-refractivity contribution in [3.8, 4) is 0 Å². The molecule has 0 aliphatic heterocycles. The normalized spacial score (nSPS) is 23.7. The smallest absolute Gasteiger partial charge is 0.253 e. The molecule has 2 rings (SSSR count). The number of aliphatic hydroxyl groups is 1. The number of amides is 1. The number of hydrogen-bond donors (Lipinski definition) is 2. The maximum Gasteiger partial charge on any atom is 0.253 e. The Labute approximate surface area is 115 Å². The minimum atomic E-state index is -0.323. The Balaban J connectivity index is 2.00. The fraction of sp³-hybridized carbons (Fsp3) is 0.500. The van der Waals surface area contributed by atoms with Crippen molar-refractivity contribution in [2.75, 3.05) is 0 Å². The lowest BCUT2D eigenvalue weighted by molar-refractivity contribution is 0.0849. The lowest BCUT2D eigenvalue weighted by Crippen LogP contribution is -2.39. The van der Waals surface area contributed by atoms with Crippen LogP contribution in [0.25, 0.3) is 0 Å². The first-order valence-corrected chi connectivity index (χ1v) is 6.62. The van der Waals surface area contributed by atoms with E-state index in [1.54, 1.807) is 0 Å². The van der Waals surface area contributed by atoms with Crippen LogP contribution in [0.4, 0.5) is 0 Å². The fourth-order valence-electron chi connectivity index (χ4n) is 2.11. The summed E-state index contributed by atoms with van der Waals surface area (Å²) < 4.78 is 0. The Morgan fingerprint density at radius 3 is 2.89 bits per heavy atom. The third-order valence-corrected chi connectivity index (χ3v) is 3.73. The third-order valence-electron chi connectivity index (χ3n) is 3.04. The van der Waals surface area contributed by atoms with Gasteiger partial charge in [0.2, 0.25) is 0 Å². The summed E-state index contributed by atoms with van der Waals surface area (Å²) in [5, 5.41) is 12.9. The minimum absolute atomic E-state index is 0.00991. The summed E-state index contributed by atoms with van der Waals surface area (Å²) in [5.74, 6) is -0.236. The van der Waals surface area contributed by atoms with Crippen LogP contribution in [0.2, 0.25) is 10.2 Å². The monoisotopic (exact) mass is 288 g/mol. The van der Waals surface area contributed by atoms with Crippen molar-refractivity contribution >= 4 is 29.1 Å². The summed E-state index contributed by atoms with van der Waals surface area (Å²) in [7, 11) is 0. The molecule has 1 aliphatic carbocycles. The van der Waals surface area contributed by atoms with Gasteiger partial charge in [-0.2, -0.15) is 0 Å². The van der Waals surface area contributed by atoms with Crippen molar-refractivity contribution in [3.63, 3.8) is 0 Å². The summed E-state index contributed by atoms with van der Waals surface area (Å²) in [6.07, 6.45) is 4.28. The number of halogens is 2. The number of pyridine rings is 1. The van der Waals surface area contributed by atoms with E-state index in [1.165, 1.54) is 12.3 Å². The second-order valence-corrected chi connectivity index (χ2v) is 5.25. The minimum Gasteiger partial charge on any atom is -0.393 e. The SMILES string of the molecule is O=C(NC1CCCC(O)C1)c1cnc(Cl)c(Cl)c1. The first kappa shape index (κ1) is 13.6. The molecule has 18 heavy (non-hydrogen) atoms. The number of carbonyl (C=O) groups excluding carboxylic acids is 1. The van der Waals surface area contributed by atoms with Gasteiger partial charge < -0.3 is 10.4 Å². The average molecular weight is 289 g/mol. The van der Waals surface area contributed by atoms with Gasteiger partial charge in [0.1, 0.15) is 5.15 Å². The number of nitrogens with one attached hydrogen (secondary N) is 1. The summed E-state index contributed by atoms with van der Waals surface area (Å²) in [5.41, 5.74) is 0.379. The van der Waals surface area contributed by atoms with E-state index in [0.717, 1.165) is 19.3 Å². The van der Waals surface area contributed by atoms with E-state index in [0.29, 0.717) is 12.0 Å². The lowest BCUT2D eigenvalue weighted by Gasteiger charge is -2.26. The summed E-state index contributed by atoms with van der Waals surface area (Å²) in [6.45, 7) is 0. The molecule has 0 saturated heterocycles. The van der Waals surface area contributed by atoms with Gasteiger partial charge >= 0.3 is 0 Å². The molecular weight excluding hydrogens is 275 g/mol. The molecule has 0 bridgehead atoms. The Hall–Kier alpha value is -0.840. The van der Waals surface area contributed by atoms with E-state index >= 15 is 0 Å². The molecule has 1 heterocycles. The highest BCUT2D eigenvalue weighted by Gasteiger charge is 2.22. The highest BCUT2D eigenvalue weighted by atomic mass is 35.5. The largest absolute Gasteiger partial charge is 0.393 e. The molecule has 1 fully saturated rings. The van der Waals surface area contributed by atoms with E-state index in [2.05, 4.69) is 10.3 Å². The van der Waals surface area contributed by atoms with Gasteiger partial charge in [-0.1, -0.05) is 23.2 Å². The summed E-state index contributed by atoms with van der Waals surface area (Å²) in [6, 6.07) is 1.50. The van der Waals surface area contributed by atoms with E-state index in [1.807, 2.05) is 0 Å². The van der Waals surface area contributed by atoms with Crippen molar-refractivity contribution in [1.82, 2.24) is 10.3 Å². The first-order valence-electron chi connectivity index (χ1n) is 5.86. The van der Waals surface area contributed by atoms with Crippen molar-refractivity contribution in [1.29, 1.82) is 0 Å². The molecule has 1 aromatic heterocycles. The molecule has 1 saturated carbocycles. The summed E-state index contributed by atoms with van der Waals surface area (Å²) >= 11 is 11.5. The van der Waals surface area contributed by atoms with Crippen LogP contribution < -0.4 is 5.32 Å². The molecule has 2 atom stereocenters. The zero-order valence-corrected chi connectivity index (χ0v) is 11.2. The van der Waals surface area contributed by atoms with Crippen molar-refractivity contribution < 1.29 is 9.90 Å². The van der Waals surface area contributed by atoms with Gasteiger partial charge in [-0.05, 0) is 31.7 Å². The van der Waals surface area contributed by atoms with Crippen molar-refractivity contribution in [2.45, 2.75) is 37.8 Å². The topological polar surface area (TPSA) is 62.2 Å². The Morgan fingerprint density at radius 1 is 1.44 bits per heavy atom. The molecule has 2 unspecified atom stereocenters. The number of nitrogens with zero attached hydrogens (tertiary/aromatic N) is 1. The molecule has 0 radical (unpaired) electrons. The molecule has 98 valence electrons. The van der Waals surface area contributed by atoms with Crippen LogP contribution in [0.15, 0.2) is 12.3 Å². The van der Waals surface area contributed by atoms with Crippen molar-refractivity contribution in [2.24, 2.45) is 0 Å². The van der Waals surface area contributed by atoms with Gasteiger partial charge in [-0.15, -0.1) is 0 Å². The van der Waals surface area contributed by atoms with Crippen LogP contribution in [0.1, 0.15) is 36.0 Å². The molecule has 2 N–H and O–H groups in total. The number of aromatic nitrogens is 1. The Kier molecular flexibility index (Phi) is 4.43. The van der Waals surface area contributed by atoms with Crippen molar-refractivity contribution in [3.05, 3.63) is 28.0 Å². The number of rotatable bonds is 2. The predicted octanol–water partition coefficient (Wildman–Crippen LogP) is 2.42. The second-order valence-electron chi connectivity index (χ2n) is 4.49. The Bertz CT molecular complexity index is 454. The van der Waals surface area contributed by atoms with E-state index in [-0.39, 0.29) is 28.2 Å². The fourth-order valence-corrected chi connectivity index (χ4v) is 2.38. The first-order chi connectivity index (χ1) is 8.56. The van der Waals surface area contributed by atoms with Gasteiger partial charge in [0.25, 0.3) is 5.91 Å². The highest BCUT2D eigenvalue weighted by molar-refractivity contribution is 6.41. The molecule has 0 spiro atoms. The summed E-state index contributed by atoms with van der Waals surface area (Å²) in [4.78, 5) is 15.8. The van der Waals surface area contributed by atoms with Crippen LogP contribution in [-0.2, 0) is 0 Å². The number of aliphatic hydroxyl groups excluding tert-OH is 1. The number of carbonyl (C=O) groups is 1. The standard InChI is InChI=1S/C12H14Cl2N2O2/c13-10-4-7(6-15-11(10)14)12(18)16-8-2-1-3-9(17)5-8/h4,6,8-9,17H,1-3,5H2,(H,16,18). The molecule has 4 nitrogen and oxygen atoms in total. The molecule has 6 heteroatoms. The van der Waals surface area contributed by atoms with E-state index in [9.17, 15) is 9.90 Å². The van der Waals surface area contributed by atoms with Gasteiger partial charge in [0.05, 0.1) is 16.7 Å². The second kappa shape index (κ2) is 5.87. The van der Waals surface area contributed by atoms with Crippen LogP contribution in [0.3, 0.4) is 0 Å². The van der Waals surface area contributed by atoms with Crippen LogP contribution >= 0.6 is 23.2 Å². The molecular formula is C12H14Cl2N2O2. The molecule has 1 amide bonds. The van der Waals surface area contributed by atoms with Gasteiger partial charge in [-0.3, -0.25) is 4.79 Å². The van der Waals surface area contributed by atoms with Gasteiger partial charge in [0.15, 0.2) is 0 Å². The molecule has 0 aromatic carbocycles. The van der Waals surface area contributed by atoms with Gasteiger partial charge in [0, 0.05) is 12.2 Å². The zero-order valence-electron chi connectivity index (χ0n) is 9.70. The van der Waals surface area contributed by atoms with E-state index in [4.69, 9.17) is 23.2 Å². The van der Waals surface area contributed by atoms with Crippen LogP contribution in [-0.4, -0.2) is 28.1 Å². The third kappa shape index (κ3) is 3.34. The molecule has 1 aliphatic rings. The van der Waals surface area contributed by atoms with Crippen LogP contribution in [0.5, 0.6) is 0 Å². The average Bonchev–Trinajstić information content (AvgIpc) is 2.32. The lowest BCUT2D eigenvalue weighted by atomic mass is 9.93. The molecule has 1 aromatic rings. The van der Waals surface area contributed by atoms with E-state index < -0.39 is 0 Å². The van der Waals surface area contributed by atoms with Crippen LogP contribution in [0, 0.1) is 0 Å². The quantitative estimate of drug-likeness (QED) is 0.822. The van der Waals surface area contributed by atoms with Gasteiger partial charge in [-0.25, -0.2) is 4.98 Å². The number of hydrogen-bond acceptors (Lipinski definition) is 3. The maximum atomic E-state index is 11.9. The zero-order chi connectivity index (χ0) is 13.1. The highest BCUT2D eigenvalue weighted by Crippen LogP contribution is 2.21.